The molecule has 3 nitrogen and oxygen atoms in total. The van der Waals surface area contributed by atoms with E-state index in [1.54, 1.807) is 13.2 Å². The number of hydrogen-bond acceptors (Lipinski definition) is 3. The Balaban J connectivity index is 2.05. The molecule has 2 rings (SSSR count). The third-order valence-corrected chi connectivity index (χ3v) is 4.11. The van der Waals surface area contributed by atoms with E-state index in [-0.39, 0.29) is 11.9 Å². The molecule has 0 heterocycles. The SMILES string of the molecule is COc1ccc(F)cc1C(CCC1CCCC1)NN. The predicted octanol–water partition coefficient (Wildman–Crippen LogP) is 3.31. The highest BCUT2D eigenvalue weighted by Gasteiger charge is 2.20. The van der Waals surface area contributed by atoms with Crippen molar-refractivity contribution < 1.29 is 9.13 Å². The van der Waals surface area contributed by atoms with E-state index in [1.807, 2.05) is 0 Å². The number of nitrogens with one attached hydrogen (secondary N) is 1. The first kappa shape index (κ1) is 14.3. The molecule has 0 spiro atoms. The van der Waals surface area contributed by atoms with E-state index >= 15 is 0 Å². The Morgan fingerprint density at radius 1 is 1.42 bits per heavy atom. The summed E-state index contributed by atoms with van der Waals surface area (Å²) in [6, 6.07) is 4.53. The van der Waals surface area contributed by atoms with Crippen molar-refractivity contribution in [3.63, 3.8) is 0 Å². The molecule has 0 aliphatic heterocycles. The van der Waals surface area contributed by atoms with Crippen LogP contribution in [0.4, 0.5) is 4.39 Å². The number of methoxy groups -OCH3 is 1. The largest absolute Gasteiger partial charge is 0.496 e. The molecule has 19 heavy (non-hydrogen) atoms. The van der Waals surface area contributed by atoms with Crippen LogP contribution < -0.4 is 16.0 Å². The van der Waals surface area contributed by atoms with Crippen molar-refractivity contribution in [2.24, 2.45) is 11.8 Å². The molecule has 0 bridgehead atoms. The molecule has 1 aromatic carbocycles. The van der Waals surface area contributed by atoms with Gasteiger partial charge in [0.05, 0.1) is 7.11 Å². The third-order valence-electron chi connectivity index (χ3n) is 4.11. The molecule has 0 aromatic heterocycles. The number of halogens is 1. The number of hydrazine groups is 1. The highest BCUT2D eigenvalue weighted by atomic mass is 19.1. The van der Waals surface area contributed by atoms with E-state index in [0.717, 1.165) is 24.3 Å². The van der Waals surface area contributed by atoms with E-state index in [1.165, 1.54) is 37.8 Å². The normalized spacial score (nSPS) is 17.6. The molecule has 4 heteroatoms. The third kappa shape index (κ3) is 3.67. The van der Waals surface area contributed by atoms with Gasteiger partial charge in [-0.2, -0.15) is 0 Å². The first-order valence-corrected chi connectivity index (χ1v) is 7.04. The topological polar surface area (TPSA) is 47.3 Å². The summed E-state index contributed by atoms with van der Waals surface area (Å²) in [5.74, 6) is 6.87. The average molecular weight is 266 g/mol. The minimum Gasteiger partial charge on any atom is -0.496 e. The van der Waals surface area contributed by atoms with Gasteiger partial charge in [0.25, 0.3) is 0 Å². The maximum atomic E-state index is 13.4. The standard InChI is InChI=1S/C15H23FN2O/c1-19-15-9-7-12(16)10-13(15)14(18-17)8-6-11-4-2-3-5-11/h7,9-11,14,18H,2-6,8,17H2,1H3. The van der Waals surface area contributed by atoms with Gasteiger partial charge in [0.1, 0.15) is 11.6 Å². The fourth-order valence-electron chi connectivity index (χ4n) is 3.01. The van der Waals surface area contributed by atoms with Gasteiger partial charge in [-0.3, -0.25) is 11.3 Å². The first-order valence-electron chi connectivity index (χ1n) is 7.04. The molecule has 1 aromatic rings. The minimum absolute atomic E-state index is 0.0498. The molecule has 0 radical (unpaired) electrons. The van der Waals surface area contributed by atoms with Crippen LogP contribution in [0.3, 0.4) is 0 Å². The van der Waals surface area contributed by atoms with E-state index in [9.17, 15) is 4.39 Å². The first-order chi connectivity index (χ1) is 9.24. The zero-order valence-electron chi connectivity index (χ0n) is 11.5. The quantitative estimate of drug-likeness (QED) is 0.613. The molecule has 3 N–H and O–H groups in total. The van der Waals surface area contributed by atoms with Gasteiger partial charge in [-0.05, 0) is 37.0 Å². The van der Waals surface area contributed by atoms with Crippen molar-refractivity contribution >= 4 is 0 Å². The van der Waals surface area contributed by atoms with Gasteiger partial charge in [-0.25, -0.2) is 4.39 Å². The van der Waals surface area contributed by atoms with Gasteiger partial charge in [0.15, 0.2) is 0 Å². The molecule has 0 amide bonds. The van der Waals surface area contributed by atoms with Crippen molar-refractivity contribution in [1.82, 2.24) is 5.43 Å². The second-order valence-corrected chi connectivity index (χ2v) is 5.33. The fraction of sp³-hybridized carbons (Fsp3) is 0.600. The highest BCUT2D eigenvalue weighted by molar-refractivity contribution is 5.36. The minimum atomic E-state index is -0.253. The lowest BCUT2D eigenvalue weighted by molar-refractivity contribution is 0.379. The monoisotopic (exact) mass is 266 g/mol. The molecule has 1 aliphatic carbocycles. The number of ether oxygens (including phenoxy) is 1. The maximum Gasteiger partial charge on any atom is 0.123 e. The molecular formula is C15H23FN2O. The van der Waals surface area contributed by atoms with Crippen LogP contribution in [-0.4, -0.2) is 7.11 Å². The summed E-state index contributed by atoms with van der Waals surface area (Å²) in [5, 5.41) is 0. The van der Waals surface area contributed by atoms with Gasteiger partial charge in [-0.15, -0.1) is 0 Å². The smallest absolute Gasteiger partial charge is 0.123 e. The zero-order valence-corrected chi connectivity index (χ0v) is 11.5. The van der Waals surface area contributed by atoms with Crippen LogP contribution >= 0.6 is 0 Å². The summed E-state index contributed by atoms with van der Waals surface area (Å²) in [7, 11) is 1.60. The molecule has 1 saturated carbocycles. The van der Waals surface area contributed by atoms with Crippen molar-refractivity contribution in [2.75, 3.05) is 7.11 Å². The maximum absolute atomic E-state index is 13.4. The Labute approximate surface area is 114 Å². The Hall–Kier alpha value is -1.13. The summed E-state index contributed by atoms with van der Waals surface area (Å²) in [5.41, 5.74) is 3.61. The summed E-state index contributed by atoms with van der Waals surface area (Å²) in [6.45, 7) is 0. The molecule has 1 unspecified atom stereocenters. The highest BCUT2D eigenvalue weighted by Crippen LogP contribution is 2.33. The second-order valence-electron chi connectivity index (χ2n) is 5.33. The lowest BCUT2D eigenvalue weighted by Crippen LogP contribution is -2.28. The van der Waals surface area contributed by atoms with Crippen LogP contribution in [0.15, 0.2) is 18.2 Å². The van der Waals surface area contributed by atoms with Crippen LogP contribution in [0.2, 0.25) is 0 Å². The summed E-state index contributed by atoms with van der Waals surface area (Å²) in [6.07, 6.45) is 7.37. The molecule has 1 aliphatic rings. The van der Waals surface area contributed by atoms with Gasteiger partial charge >= 0.3 is 0 Å². The predicted molar refractivity (Wildman–Crippen MR) is 74.2 cm³/mol. The zero-order chi connectivity index (χ0) is 13.7. The number of rotatable bonds is 6. The van der Waals surface area contributed by atoms with Gasteiger partial charge in [-0.1, -0.05) is 25.7 Å². The molecule has 106 valence electrons. The Kier molecular flexibility index (Phi) is 5.16. The van der Waals surface area contributed by atoms with Crippen molar-refractivity contribution in [3.8, 4) is 5.75 Å². The Morgan fingerprint density at radius 2 is 2.16 bits per heavy atom. The molecule has 1 atom stereocenters. The van der Waals surface area contributed by atoms with Crippen molar-refractivity contribution in [3.05, 3.63) is 29.6 Å². The van der Waals surface area contributed by atoms with Crippen LogP contribution in [-0.2, 0) is 0 Å². The van der Waals surface area contributed by atoms with Crippen molar-refractivity contribution in [1.29, 1.82) is 0 Å². The number of hydrogen-bond donors (Lipinski definition) is 2. The summed E-state index contributed by atoms with van der Waals surface area (Å²) in [4.78, 5) is 0. The van der Waals surface area contributed by atoms with Crippen LogP contribution in [0, 0.1) is 11.7 Å². The second kappa shape index (κ2) is 6.87. The molecule has 0 saturated heterocycles. The molecule has 1 fully saturated rings. The van der Waals surface area contributed by atoms with E-state index in [4.69, 9.17) is 10.6 Å². The number of benzene rings is 1. The van der Waals surface area contributed by atoms with E-state index < -0.39 is 0 Å². The molecular weight excluding hydrogens is 243 g/mol. The van der Waals surface area contributed by atoms with Crippen LogP contribution in [0.1, 0.15) is 50.1 Å². The number of nitrogens with two attached hydrogens (primary N) is 1. The van der Waals surface area contributed by atoms with Gasteiger partial charge in [0, 0.05) is 11.6 Å². The van der Waals surface area contributed by atoms with Gasteiger partial charge < -0.3 is 4.74 Å². The summed E-state index contributed by atoms with van der Waals surface area (Å²) < 4.78 is 18.7. The Morgan fingerprint density at radius 3 is 2.79 bits per heavy atom. The lowest BCUT2D eigenvalue weighted by atomic mass is 9.94. The Bertz CT molecular complexity index is 405. The van der Waals surface area contributed by atoms with E-state index in [0.29, 0.717) is 5.75 Å². The van der Waals surface area contributed by atoms with Crippen molar-refractivity contribution in [2.45, 2.75) is 44.6 Å². The van der Waals surface area contributed by atoms with Gasteiger partial charge in [0.2, 0.25) is 0 Å². The lowest BCUT2D eigenvalue weighted by Gasteiger charge is -2.20. The summed E-state index contributed by atoms with van der Waals surface area (Å²) >= 11 is 0. The fourth-order valence-corrected chi connectivity index (χ4v) is 3.01. The average Bonchev–Trinajstić information content (AvgIpc) is 2.93. The van der Waals surface area contributed by atoms with Crippen LogP contribution in [0.25, 0.3) is 0 Å². The van der Waals surface area contributed by atoms with E-state index in [2.05, 4.69) is 5.43 Å². The van der Waals surface area contributed by atoms with Crippen LogP contribution in [0.5, 0.6) is 5.75 Å².